The molecule has 0 fully saturated rings. The van der Waals surface area contributed by atoms with E-state index in [2.05, 4.69) is 58.6 Å². The van der Waals surface area contributed by atoms with Crippen LogP contribution >= 0.6 is 0 Å². The van der Waals surface area contributed by atoms with Crippen molar-refractivity contribution < 1.29 is 0 Å². The van der Waals surface area contributed by atoms with Gasteiger partial charge >= 0.3 is 0 Å². The Morgan fingerprint density at radius 3 is 2.10 bits per heavy atom. The van der Waals surface area contributed by atoms with Crippen LogP contribution in [-0.2, 0) is 0 Å². The van der Waals surface area contributed by atoms with Gasteiger partial charge in [0.15, 0.2) is 0 Å². The molecule has 0 aromatic heterocycles. The minimum absolute atomic E-state index is 0.340. The van der Waals surface area contributed by atoms with Crippen LogP contribution < -0.4 is 5.73 Å². The van der Waals surface area contributed by atoms with Gasteiger partial charge in [0, 0.05) is 18.6 Å². The Labute approximate surface area is 131 Å². The van der Waals surface area contributed by atoms with E-state index in [0.717, 1.165) is 6.54 Å². The van der Waals surface area contributed by atoms with Gasteiger partial charge in [-0.25, -0.2) is 0 Å². The van der Waals surface area contributed by atoms with E-state index in [0.29, 0.717) is 18.6 Å². The molecule has 1 aromatic carbocycles. The molecule has 0 amide bonds. The molecule has 0 bridgehead atoms. The van der Waals surface area contributed by atoms with E-state index >= 15 is 0 Å². The van der Waals surface area contributed by atoms with E-state index in [4.69, 9.17) is 5.73 Å². The van der Waals surface area contributed by atoms with Gasteiger partial charge in [-0.2, -0.15) is 0 Å². The highest BCUT2D eigenvalue weighted by atomic mass is 15.2. The summed E-state index contributed by atoms with van der Waals surface area (Å²) in [5.74, 6) is 0. The van der Waals surface area contributed by atoms with Crippen molar-refractivity contribution in [3.05, 3.63) is 34.4 Å². The summed E-state index contributed by atoms with van der Waals surface area (Å²) >= 11 is 0. The highest BCUT2D eigenvalue weighted by molar-refractivity contribution is 5.40. The van der Waals surface area contributed by atoms with Crippen LogP contribution in [0.3, 0.4) is 0 Å². The number of benzene rings is 1. The maximum Gasteiger partial charge on any atom is 0.0478 e. The molecule has 2 nitrogen and oxygen atoms in total. The number of hydrogen-bond acceptors (Lipinski definition) is 2. The second-order valence-electron chi connectivity index (χ2n) is 6.41. The van der Waals surface area contributed by atoms with Gasteiger partial charge in [-0.15, -0.1) is 0 Å². The molecular formula is C19H34N2. The van der Waals surface area contributed by atoms with Crippen molar-refractivity contribution in [3.63, 3.8) is 0 Å². The Bertz CT molecular complexity index is 416. The first-order chi connectivity index (χ1) is 9.96. The molecule has 0 spiro atoms. The number of unbranched alkanes of at least 4 members (excludes halogenated alkanes) is 1. The summed E-state index contributed by atoms with van der Waals surface area (Å²) in [5.41, 5.74) is 11.8. The topological polar surface area (TPSA) is 29.3 Å². The third-order valence-corrected chi connectivity index (χ3v) is 4.62. The van der Waals surface area contributed by atoms with Gasteiger partial charge < -0.3 is 5.73 Å². The van der Waals surface area contributed by atoms with E-state index < -0.39 is 0 Å². The Kier molecular flexibility index (Phi) is 7.41. The first-order valence-electron chi connectivity index (χ1n) is 8.49. The number of nitrogens with zero attached hydrogens (tertiary/aromatic N) is 1. The Morgan fingerprint density at radius 1 is 1.10 bits per heavy atom. The van der Waals surface area contributed by atoms with Gasteiger partial charge in [-0.3, -0.25) is 4.90 Å². The lowest BCUT2D eigenvalue weighted by Crippen LogP contribution is -2.41. The minimum Gasteiger partial charge on any atom is -0.329 e. The highest BCUT2D eigenvalue weighted by Crippen LogP contribution is 2.30. The lowest BCUT2D eigenvalue weighted by atomic mass is 9.92. The van der Waals surface area contributed by atoms with Crippen LogP contribution in [0.4, 0.5) is 0 Å². The monoisotopic (exact) mass is 290 g/mol. The van der Waals surface area contributed by atoms with Gasteiger partial charge in [0.25, 0.3) is 0 Å². The first-order valence-corrected chi connectivity index (χ1v) is 8.49. The molecule has 2 unspecified atom stereocenters. The molecule has 0 aliphatic heterocycles. The molecule has 1 rings (SSSR count). The summed E-state index contributed by atoms with van der Waals surface area (Å²) in [6.07, 6.45) is 3.64. The predicted octanol–water partition coefficient (Wildman–Crippen LogP) is 4.51. The van der Waals surface area contributed by atoms with Gasteiger partial charge in [0.2, 0.25) is 0 Å². The van der Waals surface area contributed by atoms with Crippen LogP contribution in [-0.4, -0.2) is 24.0 Å². The van der Waals surface area contributed by atoms with Crippen LogP contribution in [0.1, 0.15) is 68.3 Å². The molecule has 0 aliphatic carbocycles. The fraction of sp³-hybridized carbons (Fsp3) is 0.684. The summed E-state index contributed by atoms with van der Waals surface area (Å²) in [5, 5.41) is 0. The number of aryl methyl sites for hydroxylation is 3. The molecule has 0 saturated carbocycles. The summed E-state index contributed by atoms with van der Waals surface area (Å²) < 4.78 is 0. The van der Waals surface area contributed by atoms with Crippen molar-refractivity contribution in [1.82, 2.24) is 4.90 Å². The first kappa shape index (κ1) is 18.2. The predicted molar refractivity (Wildman–Crippen MR) is 93.8 cm³/mol. The standard InChI is InChI=1S/C19H34N2/c1-7-9-10-21(17(6)8-2)18(13-20)19-15(4)11-14(3)12-16(19)5/h11-12,17-18H,7-10,13,20H2,1-6H3. The largest absolute Gasteiger partial charge is 0.329 e. The fourth-order valence-electron chi connectivity index (χ4n) is 3.39. The summed E-state index contributed by atoms with van der Waals surface area (Å²) in [6.45, 7) is 15.3. The maximum atomic E-state index is 6.20. The molecule has 1 aromatic rings. The zero-order chi connectivity index (χ0) is 16.0. The molecule has 21 heavy (non-hydrogen) atoms. The Balaban J connectivity index is 3.19. The summed E-state index contributed by atoms with van der Waals surface area (Å²) in [4.78, 5) is 2.62. The molecule has 2 N–H and O–H groups in total. The van der Waals surface area contributed by atoms with Crippen LogP contribution in [0.2, 0.25) is 0 Å². The molecule has 0 saturated heterocycles. The second-order valence-corrected chi connectivity index (χ2v) is 6.41. The lowest BCUT2D eigenvalue weighted by molar-refractivity contribution is 0.140. The van der Waals surface area contributed by atoms with Crippen LogP contribution in [0.5, 0.6) is 0 Å². The molecular weight excluding hydrogens is 256 g/mol. The Morgan fingerprint density at radius 2 is 1.67 bits per heavy atom. The molecule has 0 heterocycles. The Hall–Kier alpha value is -0.860. The van der Waals surface area contributed by atoms with Gasteiger partial charge in [-0.1, -0.05) is 38.0 Å². The van der Waals surface area contributed by atoms with Crippen molar-refractivity contribution >= 4 is 0 Å². The number of rotatable bonds is 8. The number of hydrogen-bond donors (Lipinski definition) is 1. The average molecular weight is 290 g/mol. The normalized spacial score (nSPS) is 14.5. The van der Waals surface area contributed by atoms with Crippen molar-refractivity contribution in [3.8, 4) is 0 Å². The number of nitrogens with two attached hydrogens (primary N) is 1. The van der Waals surface area contributed by atoms with Crippen molar-refractivity contribution in [1.29, 1.82) is 0 Å². The van der Waals surface area contributed by atoms with E-state index in [1.54, 1.807) is 0 Å². The zero-order valence-electron chi connectivity index (χ0n) is 14.9. The van der Waals surface area contributed by atoms with Crippen molar-refractivity contribution in [2.45, 2.75) is 72.9 Å². The minimum atomic E-state index is 0.340. The third-order valence-electron chi connectivity index (χ3n) is 4.62. The van der Waals surface area contributed by atoms with E-state index in [9.17, 15) is 0 Å². The van der Waals surface area contributed by atoms with E-state index in [1.807, 2.05) is 0 Å². The quantitative estimate of drug-likeness (QED) is 0.763. The van der Waals surface area contributed by atoms with Gasteiger partial charge in [0.05, 0.1) is 0 Å². The fourth-order valence-corrected chi connectivity index (χ4v) is 3.39. The molecule has 2 atom stereocenters. The van der Waals surface area contributed by atoms with Crippen LogP contribution in [0.15, 0.2) is 12.1 Å². The molecule has 0 radical (unpaired) electrons. The van der Waals surface area contributed by atoms with Crippen LogP contribution in [0, 0.1) is 20.8 Å². The SMILES string of the molecule is CCCCN(C(C)CC)C(CN)c1c(C)cc(C)cc1C. The molecule has 2 heteroatoms. The van der Waals surface area contributed by atoms with Crippen molar-refractivity contribution in [2.24, 2.45) is 5.73 Å². The highest BCUT2D eigenvalue weighted by Gasteiger charge is 2.25. The molecule has 0 aliphatic rings. The smallest absolute Gasteiger partial charge is 0.0478 e. The average Bonchev–Trinajstić information content (AvgIpc) is 2.43. The third kappa shape index (κ3) is 4.55. The van der Waals surface area contributed by atoms with Crippen molar-refractivity contribution in [2.75, 3.05) is 13.1 Å². The summed E-state index contributed by atoms with van der Waals surface area (Å²) in [7, 11) is 0. The lowest BCUT2D eigenvalue weighted by Gasteiger charge is -2.37. The summed E-state index contributed by atoms with van der Waals surface area (Å²) in [6, 6.07) is 5.50. The van der Waals surface area contributed by atoms with E-state index in [1.165, 1.54) is 41.5 Å². The zero-order valence-corrected chi connectivity index (χ0v) is 14.9. The maximum absolute atomic E-state index is 6.20. The second kappa shape index (κ2) is 8.55. The van der Waals surface area contributed by atoms with Gasteiger partial charge in [0.1, 0.15) is 0 Å². The van der Waals surface area contributed by atoms with Crippen LogP contribution in [0.25, 0.3) is 0 Å². The van der Waals surface area contributed by atoms with E-state index in [-0.39, 0.29) is 0 Å². The van der Waals surface area contributed by atoms with Gasteiger partial charge in [-0.05, 0) is 63.8 Å². The molecule has 120 valence electrons.